The summed E-state index contributed by atoms with van der Waals surface area (Å²) in [7, 11) is 3.77. The molecule has 1 saturated heterocycles. The highest BCUT2D eigenvalue weighted by Crippen LogP contribution is 2.04. The van der Waals surface area contributed by atoms with E-state index in [4.69, 9.17) is 4.74 Å². The lowest BCUT2D eigenvalue weighted by atomic mass is 10.2. The van der Waals surface area contributed by atoms with Gasteiger partial charge in [0.15, 0.2) is 0 Å². The summed E-state index contributed by atoms with van der Waals surface area (Å²) in [6.07, 6.45) is 0.0255. The second-order valence-corrected chi connectivity index (χ2v) is 5.58. The Balaban J connectivity index is 1.75. The van der Waals surface area contributed by atoms with Gasteiger partial charge in [-0.2, -0.15) is 0 Å². The van der Waals surface area contributed by atoms with Crippen LogP contribution in [0.3, 0.4) is 0 Å². The molecule has 6 heteroatoms. The minimum atomic E-state index is -0.240. The van der Waals surface area contributed by atoms with Gasteiger partial charge in [-0.1, -0.05) is 18.2 Å². The summed E-state index contributed by atoms with van der Waals surface area (Å²) in [6.45, 7) is 2.94. The van der Waals surface area contributed by atoms with Crippen molar-refractivity contribution in [2.24, 2.45) is 0 Å². The van der Waals surface area contributed by atoms with Crippen molar-refractivity contribution in [1.82, 2.24) is 15.1 Å². The maximum atomic E-state index is 12.1. The lowest BCUT2D eigenvalue weighted by Crippen LogP contribution is -2.48. The van der Waals surface area contributed by atoms with E-state index in [0.29, 0.717) is 18.7 Å². The van der Waals surface area contributed by atoms with Gasteiger partial charge in [-0.15, -0.1) is 0 Å². The Kier molecular flexibility index (Phi) is 5.91. The fourth-order valence-electron chi connectivity index (χ4n) is 2.37. The zero-order valence-electron chi connectivity index (χ0n) is 13.1. The number of hydrogen-bond donors (Lipinski definition) is 1. The standard InChI is InChI=1S/C16H23N3O3/c1-18-8-9-22-14(11-18)12-19(2)15(20)10-17-16(21)13-6-4-3-5-7-13/h3-7,14H,8-12H2,1-2H3,(H,17,21). The highest BCUT2D eigenvalue weighted by Gasteiger charge is 2.21. The van der Waals surface area contributed by atoms with E-state index in [1.807, 2.05) is 13.1 Å². The quantitative estimate of drug-likeness (QED) is 0.844. The van der Waals surface area contributed by atoms with Gasteiger partial charge in [-0.3, -0.25) is 9.59 Å². The van der Waals surface area contributed by atoms with Gasteiger partial charge >= 0.3 is 0 Å². The smallest absolute Gasteiger partial charge is 0.251 e. The van der Waals surface area contributed by atoms with E-state index in [9.17, 15) is 9.59 Å². The van der Waals surface area contributed by atoms with Crippen molar-refractivity contribution in [3.8, 4) is 0 Å². The third-order valence-electron chi connectivity index (χ3n) is 3.68. The van der Waals surface area contributed by atoms with Crippen LogP contribution in [0.4, 0.5) is 0 Å². The first-order valence-electron chi connectivity index (χ1n) is 7.43. The number of amides is 2. The van der Waals surface area contributed by atoms with Crippen molar-refractivity contribution in [1.29, 1.82) is 0 Å². The van der Waals surface area contributed by atoms with Crippen LogP contribution >= 0.6 is 0 Å². The number of carbonyl (C=O) groups is 2. The minimum Gasteiger partial charge on any atom is -0.374 e. The van der Waals surface area contributed by atoms with Crippen LogP contribution in [0.25, 0.3) is 0 Å². The van der Waals surface area contributed by atoms with Crippen molar-refractivity contribution >= 4 is 11.8 Å². The molecule has 0 spiro atoms. The maximum absolute atomic E-state index is 12.1. The van der Waals surface area contributed by atoms with Crippen molar-refractivity contribution in [3.63, 3.8) is 0 Å². The fraction of sp³-hybridized carbons (Fsp3) is 0.500. The number of nitrogens with zero attached hydrogens (tertiary/aromatic N) is 2. The Morgan fingerprint density at radius 3 is 2.77 bits per heavy atom. The molecule has 1 aromatic rings. The van der Waals surface area contributed by atoms with Gasteiger partial charge in [0.05, 0.1) is 19.3 Å². The molecule has 6 nitrogen and oxygen atoms in total. The Labute approximate surface area is 131 Å². The van der Waals surface area contributed by atoms with E-state index in [-0.39, 0.29) is 24.5 Å². The molecular formula is C16H23N3O3. The molecule has 2 rings (SSSR count). The normalized spacial score (nSPS) is 18.7. The van der Waals surface area contributed by atoms with Crippen LogP contribution in [0.2, 0.25) is 0 Å². The van der Waals surface area contributed by atoms with Crippen LogP contribution in [0, 0.1) is 0 Å². The molecule has 0 aliphatic carbocycles. The van der Waals surface area contributed by atoms with Gasteiger partial charge < -0.3 is 19.9 Å². The van der Waals surface area contributed by atoms with Crippen LogP contribution < -0.4 is 5.32 Å². The molecular weight excluding hydrogens is 282 g/mol. The summed E-state index contributed by atoms with van der Waals surface area (Å²) in [6, 6.07) is 8.86. The molecule has 0 saturated carbocycles. The van der Waals surface area contributed by atoms with Crippen LogP contribution in [0.15, 0.2) is 30.3 Å². The Morgan fingerprint density at radius 2 is 2.09 bits per heavy atom. The van der Waals surface area contributed by atoms with Gasteiger partial charge in [-0.05, 0) is 19.2 Å². The molecule has 22 heavy (non-hydrogen) atoms. The number of nitrogens with one attached hydrogen (secondary N) is 1. The average Bonchev–Trinajstić information content (AvgIpc) is 2.53. The molecule has 1 fully saturated rings. The van der Waals surface area contributed by atoms with Gasteiger partial charge in [0, 0.05) is 32.2 Å². The summed E-state index contributed by atoms with van der Waals surface area (Å²) in [5.74, 6) is -0.364. The lowest BCUT2D eigenvalue weighted by Gasteiger charge is -2.32. The third kappa shape index (κ3) is 4.82. The van der Waals surface area contributed by atoms with Crippen LogP contribution in [0.1, 0.15) is 10.4 Å². The Bertz CT molecular complexity index is 507. The first-order chi connectivity index (χ1) is 10.6. The summed E-state index contributed by atoms with van der Waals surface area (Å²) >= 11 is 0. The molecule has 0 radical (unpaired) electrons. The summed E-state index contributed by atoms with van der Waals surface area (Å²) < 4.78 is 5.64. The number of rotatable bonds is 5. The Hall–Kier alpha value is -1.92. The predicted molar refractivity (Wildman–Crippen MR) is 83.6 cm³/mol. The van der Waals surface area contributed by atoms with E-state index in [1.54, 1.807) is 36.2 Å². The number of benzene rings is 1. The molecule has 0 bridgehead atoms. The average molecular weight is 305 g/mol. The third-order valence-corrected chi connectivity index (χ3v) is 3.68. The van der Waals surface area contributed by atoms with Crippen molar-refractivity contribution in [2.75, 3.05) is 46.9 Å². The molecule has 1 unspecified atom stereocenters. The molecule has 1 heterocycles. The van der Waals surface area contributed by atoms with Gasteiger partial charge in [0.1, 0.15) is 0 Å². The SMILES string of the molecule is CN1CCOC(CN(C)C(=O)CNC(=O)c2ccccc2)C1. The zero-order chi connectivity index (χ0) is 15.9. The van der Waals surface area contributed by atoms with Crippen molar-refractivity contribution < 1.29 is 14.3 Å². The summed E-state index contributed by atoms with van der Waals surface area (Å²) in [4.78, 5) is 27.8. The summed E-state index contributed by atoms with van der Waals surface area (Å²) in [5, 5.41) is 2.64. The number of carbonyl (C=O) groups excluding carboxylic acids is 2. The molecule has 1 N–H and O–H groups in total. The van der Waals surface area contributed by atoms with Gasteiger partial charge in [0.2, 0.25) is 5.91 Å². The number of likely N-dealkylation sites (N-methyl/N-ethyl adjacent to an activating group) is 2. The largest absolute Gasteiger partial charge is 0.374 e. The first-order valence-corrected chi connectivity index (χ1v) is 7.43. The van der Waals surface area contributed by atoms with E-state index < -0.39 is 0 Å². The van der Waals surface area contributed by atoms with Crippen LogP contribution in [-0.4, -0.2) is 74.6 Å². The highest BCUT2D eigenvalue weighted by atomic mass is 16.5. The maximum Gasteiger partial charge on any atom is 0.251 e. The molecule has 1 aromatic carbocycles. The Morgan fingerprint density at radius 1 is 1.36 bits per heavy atom. The summed E-state index contributed by atoms with van der Waals surface area (Å²) in [5.41, 5.74) is 0.551. The second kappa shape index (κ2) is 7.91. The monoisotopic (exact) mass is 305 g/mol. The second-order valence-electron chi connectivity index (χ2n) is 5.58. The topological polar surface area (TPSA) is 61.9 Å². The van der Waals surface area contributed by atoms with Gasteiger partial charge in [0.25, 0.3) is 5.91 Å². The van der Waals surface area contributed by atoms with Crippen LogP contribution in [0.5, 0.6) is 0 Å². The number of morpholine rings is 1. The molecule has 2 amide bonds. The highest BCUT2D eigenvalue weighted by molar-refractivity contribution is 5.96. The molecule has 1 aliphatic rings. The van der Waals surface area contributed by atoms with Crippen LogP contribution in [-0.2, 0) is 9.53 Å². The number of hydrogen-bond acceptors (Lipinski definition) is 4. The molecule has 120 valence electrons. The lowest BCUT2D eigenvalue weighted by molar-refractivity contribution is -0.131. The van der Waals surface area contributed by atoms with E-state index in [2.05, 4.69) is 10.2 Å². The van der Waals surface area contributed by atoms with Crippen molar-refractivity contribution in [3.05, 3.63) is 35.9 Å². The molecule has 1 aliphatic heterocycles. The van der Waals surface area contributed by atoms with E-state index in [1.165, 1.54) is 0 Å². The van der Waals surface area contributed by atoms with Crippen molar-refractivity contribution in [2.45, 2.75) is 6.10 Å². The number of ether oxygens (including phenoxy) is 1. The van der Waals surface area contributed by atoms with E-state index in [0.717, 1.165) is 13.1 Å². The minimum absolute atomic E-state index is 0.00716. The molecule has 1 atom stereocenters. The van der Waals surface area contributed by atoms with E-state index >= 15 is 0 Å². The first kappa shape index (κ1) is 16.5. The fourth-order valence-corrected chi connectivity index (χ4v) is 2.37. The molecule has 0 aromatic heterocycles. The van der Waals surface area contributed by atoms with Gasteiger partial charge in [-0.25, -0.2) is 0 Å². The predicted octanol–water partition coefficient (Wildman–Crippen LogP) is 0.205. The zero-order valence-corrected chi connectivity index (χ0v) is 13.1.